The Morgan fingerprint density at radius 1 is 1.38 bits per heavy atom. The van der Waals surface area contributed by atoms with Crippen LogP contribution in [0.25, 0.3) is 11.3 Å². The lowest BCUT2D eigenvalue weighted by molar-refractivity contribution is 1.23. The van der Waals surface area contributed by atoms with Crippen molar-refractivity contribution in [3.63, 3.8) is 0 Å². The van der Waals surface area contributed by atoms with Gasteiger partial charge >= 0.3 is 0 Å². The molecule has 0 saturated heterocycles. The average molecular weight is 196 g/mol. The molecule has 0 aromatic carbocycles. The summed E-state index contributed by atoms with van der Waals surface area (Å²) in [6.45, 7) is 0. The highest BCUT2D eigenvalue weighted by molar-refractivity contribution is 6.31. The Balaban J connectivity index is 2.59. The zero-order valence-corrected chi connectivity index (χ0v) is 7.30. The zero-order chi connectivity index (χ0) is 9.26. The quantitative estimate of drug-likeness (QED) is 0.723. The van der Waals surface area contributed by atoms with Gasteiger partial charge < -0.3 is 9.97 Å². The number of halogens is 1. The van der Waals surface area contributed by atoms with Crippen LogP contribution in [0.5, 0.6) is 0 Å². The van der Waals surface area contributed by atoms with E-state index in [-0.39, 0.29) is 5.56 Å². The first-order valence-corrected chi connectivity index (χ1v) is 4.03. The van der Waals surface area contributed by atoms with Crippen molar-refractivity contribution in [3.8, 4) is 11.3 Å². The number of hydrogen-bond acceptors (Lipinski definition) is 2. The maximum absolute atomic E-state index is 11.0. The minimum atomic E-state index is -0.170. The second-order valence-corrected chi connectivity index (χ2v) is 2.88. The van der Waals surface area contributed by atoms with Crippen molar-refractivity contribution in [3.05, 3.63) is 40.2 Å². The summed E-state index contributed by atoms with van der Waals surface area (Å²) in [7, 11) is 0. The van der Waals surface area contributed by atoms with Crippen LogP contribution in [0.15, 0.2) is 29.5 Å². The number of nitrogens with one attached hydrogen (secondary N) is 2. The van der Waals surface area contributed by atoms with Gasteiger partial charge in [0.15, 0.2) is 0 Å². The number of imidazole rings is 1. The van der Waals surface area contributed by atoms with Crippen LogP contribution in [-0.2, 0) is 0 Å². The molecule has 0 bridgehead atoms. The highest BCUT2D eigenvalue weighted by atomic mass is 35.5. The lowest BCUT2D eigenvalue weighted by Gasteiger charge is -1.94. The van der Waals surface area contributed by atoms with Gasteiger partial charge in [0.1, 0.15) is 10.8 Å². The Morgan fingerprint density at radius 2 is 2.23 bits per heavy atom. The van der Waals surface area contributed by atoms with Gasteiger partial charge in [-0.1, -0.05) is 11.6 Å². The molecule has 0 aliphatic rings. The topological polar surface area (TPSA) is 61.5 Å². The summed E-state index contributed by atoms with van der Waals surface area (Å²) in [5.41, 5.74) is 1.12. The molecule has 0 aliphatic carbocycles. The predicted molar refractivity (Wildman–Crippen MR) is 49.7 cm³/mol. The van der Waals surface area contributed by atoms with E-state index in [0.717, 1.165) is 0 Å². The third kappa shape index (κ3) is 1.48. The van der Waals surface area contributed by atoms with Crippen molar-refractivity contribution in [1.29, 1.82) is 0 Å². The van der Waals surface area contributed by atoms with E-state index in [2.05, 4.69) is 15.0 Å². The Kier molecular flexibility index (Phi) is 1.90. The third-order valence-corrected chi connectivity index (χ3v) is 1.93. The van der Waals surface area contributed by atoms with E-state index < -0.39 is 0 Å². The molecule has 2 aromatic heterocycles. The van der Waals surface area contributed by atoms with Crippen LogP contribution in [0, 0.1) is 0 Å². The van der Waals surface area contributed by atoms with Crippen LogP contribution < -0.4 is 5.56 Å². The van der Waals surface area contributed by atoms with Crippen LogP contribution in [0.2, 0.25) is 5.15 Å². The molecule has 66 valence electrons. The SMILES string of the molecule is O=c1cc(-c2nc[nH]c2Cl)cc[nH]1. The number of nitrogens with zero attached hydrogens (tertiary/aromatic N) is 1. The fourth-order valence-electron chi connectivity index (χ4n) is 1.07. The smallest absolute Gasteiger partial charge is 0.248 e. The first kappa shape index (κ1) is 8.07. The molecule has 0 unspecified atom stereocenters. The lowest BCUT2D eigenvalue weighted by Crippen LogP contribution is -2.02. The first-order valence-electron chi connectivity index (χ1n) is 3.65. The molecule has 0 spiro atoms. The number of H-pyrrole nitrogens is 2. The van der Waals surface area contributed by atoms with Crippen molar-refractivity contribution in [2.24, 2.45) is 0 Å². The monoisotopic (exact) mass is 195 g/mol. The minimum absolute atomic E-state index is 0.170. The molecule has 0 saturated carbocycles. The number of hydrogen-bond donors (Lipinski definition) is 2. The number of pyridine rings is 1. The first-order chi connectivity index (χ1) is 6.27. The fourth-order valence-corrected chi connectivity index (χ4v) is 1.28. The van der Waals surface area contributed by atoms with Crippen molar-refractivity contribution in [2.45, 2.75) is 0 Å². The third-order valence-electron chi connectivity index (χ3n) is 1.64. The van der Waals surface area contributed by atoms with Gasteiger partial charge in [0, 0.05) is 17.8 Å². The van der Waals surface area contributed by atoms with Crippen LogP contribution in [0.4, 0.5) is 0 Å². The molecule has 2 N–H and O–H groups in total. The summed E-state index contributed by atoms with van der Waals surface area (Å²) in [6.07, 6.45) is 3.04. The van der Waals surface area contributed by atoms with Gasteiger partial charge in [0.25, 0.3) is 0 Å². The van der Waals surface area contributed by atoms with E-state index in [9.17, 15) is 4.79 Å². The largest absolute Gasteiger partial charge is 0.335 e. The molecule has 5 heteroatoms. The molecular formula is C8H6ClN3O. The molecular weight excluding hydrogens is 190 g/mol. The van der Waals surface area contributed by atoms with Gasteiger partial charge in [-0.15, -0.1) is 0 Å². The van der Waals surface area contributed by atoms with E-state index in [4.69, 9.17) is 11.6 Å². The molecule has 4 nitrogen and oxygen atoms in total. The van der Waals surface area contributed by atoms with Gasteiger partial charge in [0.05, 0.1) is 6.33 Å². The fraction of sp³-hybridized carbons (Fsp3) is 0. The lowest BCUT2D eigenvalue weighted by atomic mass is 10.2. The van der Waals surface area contributed by atoms with Crippen LogP contribution in [0.1, 0.15) is 0 Å². The van der Waals surface area contributed by atoms with Crippen molar-refractivity contribution < 1.29 is 0 Å². The van der Waals surface area contributed by atoms with Crippen molar-refractivity contribution in [2.75, 3.05) is 0 Å². The predicted octanol–water partition coefficient (Wildman–Crippen LogP) is 1.42. The Morgan fingerprint density at radius 3 is 2.85 bits per heavy atom. The zero-order valence-electron chi connectivity index (χ0n) is 6.54. The second-order valence-electron chi connectivity index (χ2n) is 2.51. The van der Waals surface area contributed by atoms with E-state index >= 15 is 0 Å². The second kappa shape index (κ2) is 3.06. The number of rotatable bonds is 1. The summed E-state index contributed by atoms with van der Waals surface area (Å²) in [5.74, 6) is 0. The Hall–Kier alpha value is -1.55. The standard InChI is InChI=1S/C8H6ClN3O/c9-8-7(11-4-12-8)5-1-2-10-6(13)3-5/h1-4H,(H,10,13)(H,11,12). The van der Waals surface area contributed by atoms with Crippen LogP contribution in [-0.4, -0.2) is 15.0 Å². The Labute approximate surface area is 78.6 Å². The van der Waals surface area contributed by atoms with Crippen LogP contribution >= 0.6 is 11.6 Å². The van der Waals surface area contributed by atoms with E-state index in [0.29, 0.717) is 16.4 Å². The number of aromatic nitrogens is 3. The highest BCUT2D eigenvalue weighted by Crippen LogP contribution is 2.21. The number of aromatic amines is 2. The molecule has 0 radical (unpaired) electrons. The summed E-state index contributed by atoms with van der Waals surface area (Å²) in [6, 6.07) is 3.19. The molecule has 0 atom stereocenters. The molecule has 0 fully saturated rings. The van der Waals surface area contributed by atoms with E-state index in [1.807, 2.05) is 0 Å². The van der Waals surface area contributed by atoms with Crippen molar-refractivity contribution >= 4 is 11.6 Å². The van der Waals surface area contributed by atoms with Crippen molar-refractivity contribution in [1.82, 2.24) is 15.0 Å². The van der Waals surface area contributed by atoms with Crippen LogP contribution in [0.3, 0.4) is 0 Å². The minimum Gasteiger partial charge on any atom is -0.335 e. The summed E-state index contributed by atoms with van der Waals surface area (Å²) in [4.78, 5) is 20.2. The molecule has 13 heavy (non-hydrogen) atoms. The molecule has 0 amide bonds. The summed E-state index contributed by atoms with van der Waals surface area (Å²) in [5, 5.41) is 0.436. The van der Waals surface area contributed by atoms with Gasteiger partial charge in [-0.25, -0.2) is 4.98 Å². The van der Waals surface area contributed by atoms with E-state index in [1.165, 1.54) is 12.4 Å². The maximum atomic E-state index is 11.0. The highest BCUT2D eigenvalue weighted by Gasteiger charge is 2.05. The average Bonchev–Trinajstić information content (AvgIpc) is 2.51. The molecule has 0 aliphatic heterocycles. The maximum Gasteiger partial charge on any atom is 0.248 e. The Bertz CT molecular complexity index is 474. The molecule has 2 aromatic rings. The molecule has 2 heterocycles. The van der Waals surface area contributed by atoms with Gasteiger partial charge in [-0.05, 0) is 6.07 Å². The molecule has 2 rings (SSSR count). The summed E-state index contributed by atoms with van der Waals surface area (Å²) < 4.78 is 0. The van der Waals surface area contributed by atoms with Gasteiger partial charge in [-0.2, -0.15) is 0 Å². The van der Waals surface area contributed by atoms with Gasteiger partial charge in [0.2, 0.25) is 5.56 Å². The van der Waals surface area contributed by atoms with E-state index in [1.54, 1.807) is 12.3 Å². The van der Waals surface area contributed by atoms with Gasteiger partial charge in [-0.3, -0.25) is 4.79 Å². The normalized spacial score (nSPS) is 10.2. The summed E-state index contributed by atoms with van der Waals surface area (Å²) >= 11 is 5.80.